The molecule has 0 unspecified atom stereocenters. The van der Waals surface area contributed by atoms with Crippen LogP contribution in [-0.4, -0.2) is 166 Å². The van der Waals surface area contributed by atoms with Crippen molar-refractivity contribution in [3.63, 3.8) is 0 Å². The standard InChI is InChI=1S/2C28H33F5N2O4S.2C2HF3O2/c2*1-25(2,3)39-24(36)26(14-16-35(17-15-26)21-7-8-21)40(37,38)22-9-5-20(6-10-22)23-11-4-19(18-34-23)12-13-27(29,30)28(31,32)33;2*3-2(4,5)1(6)7/h2*4-6,9-11,18,21H,7-8,12-17H2,1-3H3;2*(H,6,7). The first kappa shape index (κ1) is 78.0. The topological polar surface area (TPSA) is 228 Å². The van der Waals surface area contributed by atoms with E-state index in [9.17, 15) is 96.7 Å². The molecule has 2 saturated heterocycles. The van der Waals surface area contributed by atoms with Crippen LogP contribution in [0.3, 0.4) is 0 Å². The number of nitrogens with zero attached hydrogens (tertiary/aromatic N) is 4. The summed E-state index contributed by atoms with van der Waals surface area (Å²) in [6.07, 6.45) is -18.0. The zero-order valence-corrected chi connectivity index (χ0v) is 52.8. The number of alkyl halides is 16. The van der Waals surface area contributed by atoms with Crippen molar-refractivity contribution in [1.82, 2.24) is 19.8 Å². The van der Waals surface area contributed by atoms with Gasteiger partial charge in [0, 0.05) is 74.6 Å². The number of rotatable bonds is 16. The number of sulfone groups is 2. The van der Waals surface area contributed by atoms with Crippen LogP contribution < -0.4 is 0 Å². The molecule has 2 aliphatic carbocycles. The Bertz CT molecular complexity index is 3250. The third-order valence-electron chi connectivity index (χ3n) is 15.2. The molecule has 4 fully saturated rings. The summed E-state index contributed by atoms with van der Waals surface area (Å²) >= 11 is 0. The Morgan fingerprint density at radius 2 is 0.734 bits per heavy atom. The molecule has 16 nitrogen and oxygen atoms in total. The lowest BCUT2D eigenvalue weighted by Crippen LogP contribution is -2.56. The van der Waals surface area contributed by atoms with Crippen molar-refractivity contribution in [3.05, 3.63) is 96.3 Å². The van der Waals surface area contributed by atoms with Gasteiger partial charge in [-0.3, -0.25) is 19.6 Å². The second-order valence-corrected chi connectivity index (χ2v) is 29.2. The highest BCUT2D eigenvalue weighted by Gasteiger charge is 2.59. The number of halogens is 16. The van der Waals surface area contributed by atoms with Crippen LogP contribution in [0.4, 0.5) is 70.2 Å². The summed E-state index contributed by atoms with van der Waals surface area (Å²) in [5, 5.41) is 14.2. The first-order valence-electron chi connectivity index (χ1n) is 28.8. The smallest absolute Gasteiger partial charge is 0.475 e. The van der Waals surface area contributed by atoms with Gasteiger partial charge in [-0.05, 0) is 153 Å². The Morgan fingerprint density at radius 1 is 0.468 bits per heavy atom. The van der Waals surface area contributed by atoms with Gasteiger partial charge in [-0.15, -0.1) is 0 Å². The first-order chi connectivity index (χ1) is 42.8. The van der Waals surface area contributed by atoms with Gasteiger partial charge in [0.15, 0.2) is 29.2 Å². The molecular formula is C60H68F16N4O12S2. The highest BCUT2D eigenvalue weighted by atomic mass is 32.2. The van der Waals surface area contributed by atoms with E-state index in [1.54, 1.807) is 41.5 Å². The first-order valence-corrected chi connectivity index (χ1v) is 31.8. The van der Waals surface area contributed by atoms with Crippen molar-refractivity contribution in [2.75, 3.05) is 26.2 Å². The number of aromatic nitrogens is 2. The zero-order valence-electron chi connectivity index (χ0n) is 51.2. The van der Waals surface area contributed by atoms with E-state index in [0.29, 0.717) is 60.8 Å². The number of piperidine rings is 2. The van der Waals surface area contributed by atoms with E-state index in [1.165, 1.54) is 85.2 Å². The van der Waals surface area contributed by atoms with Gasteiger partial charge in [0.1, 0.15) is 11.2 Å². The molecule has 524 valence electrons. The van der Waals surface area contributed by atoms with Crippen molar-refractivity contribution in [2.24, 2.45) is 0 Å². The van der Waals surface area contributed by atoms with E-state index in [-0.39, 0.29) is 46.6 Å². The molecule has 4 heterocycles. The molecule has 0 spiro atoms. The van der Waals surface area contributed by atoms with E-state index in [4.69, 9.17) is 29.3 Å². The van der Waals surface area contributed by atoms with E-state index < -0.39 is 126 Å². The minimum atomic E-state index is -5.61. The molecule has 0 bridgehead atoms. The average molecular weight is 1410 g/mol. The Labute approximate surface area is 530 Å². The number of aryl methyl sites for hydroxylation is 2. The Morgan fingerprint density at radius 3 is 0.936 bits per heavy atom. The van der Waals surface area contributed by atoms with Crippen molar-refractivity contribution in [2.45, 2.75) is 198 Å². The maximum Gasteiger partial charge on any atom is 0.490 e. The maximum atomic E-state index is 14.0. The van der Waals surface area contributed by atoms with Gasteiger partial charge in [0.05, 0.1) is 21.2 Å². The molecular weight excluding hydrogens is 1340 g/mol. The van der Waals surface area contributed by atoms with Crippen LogP contribution >= 0.6 is 0 Å². The van der Waals surface area contributed by atoms with E-state index in [2.05, 4.69) is 19.8 Å². The fourth-order valence-electron chi connectivity index (χ4n) is 9.72. The minimum absolute atomic E-state index is 0.0343. The number of ether oxygens (including phenoxy) is 2. The van der Waals surface area contributed by atoms with Crippen molar-refractivity contribution in [3.8, 4) is 22.5 Å². The molecule has 0 radical (unpaired) electrons. The third kappa shape index (κ3) is 20.2. The normalized spacial score (nSPS) is 17.8. The minimum Gasteiger partial charge on any atom is -0.475 e. The second kappa shape index (κ2) is 29.0. The maximum absolute atomic E-state index is 14.0. The van der Waals surface area contributed by atoms with Gasteiger partial charge in [-0.1, -0.05) is 36.4 Å². The van der Waals surface area contributed by atoms with Gasteiger partial charge < -0.3 is 29.5 Å². The number of hydrogen-bond acceptors (Lipinski definition) is 14. The molecule has 34 heteroatoms. The number of carbonyl (C=O) groups is 4. The average Bonchev–Trinajstić information content (AvgIpc) is 0.771. The monoisotopic (exact) mass is 1400 g/mol. The molecule has 4 aliphatic rings. The molecule has 2 aliphatic heterocycles. The van der Waals surface area contributed by atoms with Crippen LogP contribution in [0.1, 0.15) is 117 Å². The summed E-state index contributed by atoms with van der Waals surface area (Å²) < 4.78 is 254. The van der Waals surface area contributed by atoms with Crippen LogP contribution in [0.15, 0.2) is 95.0 Å². The summed E-state index contributed by atoms with van der Waals surface area (Å²) in [7, 11) is -8.30. The zero-order chi connectivity index (χ0) is 71.3. The molecule has 2 N–H and O–H groups in total. The highest BCUT2D eigenvalue weighted by Crippen LogP contribution is 2.45. The van der Waals surface area contributed by atoms with Crippen LogP contribution in [0.2, 0.25) is 0 Å². The molecule has 0 amide bonds. The van der Waals surface area contributed by atoms with Crippen molar-refractivity contribution < 1.29 is 126 Å². The van der Waals surface area contributed by atoms with Crippen LogP contribution in [-0.2, 0) is 61.2 Å². The molecule has 2 aromatic carbocycles. The lowest BCUT2D eigenvalue weighted by atomic mass is 9.95. The SMILES string of the molecule is CC(C)(C)OC(=O)C1(S(=O)(=O)c2ccc(-c3ccc(CCC(F)(F)C(F)(F)F)cn3)cc2)CCN(C2CC2)CC1.CC(C)(C)OC(=O)C1(S(=O)(=O)c2ccc(-c3ccc(CCC(F)(F)C(F)(F)F)cn3)cc2)CCN(C2CC2)CC1.O=C(O)C(F)(F)F.O=C(O)C(F)(F)F. The number of hydrogen-bond donors (Lipinski definition) is 2. The predicted octanol–water partition coefficient (Wildman–Crippen LogP) is 13.2. The van der Waals surface area contributed by atoms with Gasteiger partial charge in [0.2, 0.25) is 0 Å². The van der Waals surface area contributed by atoms with Gasteiger partial charge in [-0.2, -0.15) is 70.2 Å². The number of benzene rings is 2. The van der Waals surface area contributed by atoms with E-state index in [0.717, 1.165) is 25.7 Å². The second-order valence-electron chi connectivity index (χ2n) is 24.7. The quantitative estimate of drug-likeness (QED) is 0.0785. The number of carboxylic acid groups (broad SMARTS) is 2. The van der Waals surface area contributed by atoms with Gasteiger partial charge >= 0.3 is 60.4 Å². The number of esters is 2. The molecule has 2 aromatic heterocycles. The molecule has 94 heavy (non-hydrogen) atoms. The molecule has 8 rings (SSSR count). The summed E-state index contributed by atoms with van der Waals surface area (Å²) in [4.78, 5) is 57.3. The largest absolute Gasteiger partial charge is 0.490 e. The third-order valence-corrected chi connectivity index (χ3v) is 20.2. The summed E-state index contributed by atoms with van der Waals surface area (Å²) in [6, 6.07) is 18.3. The van der Waals surface area contributed by atoms with E-state index in [1.807, 2.05) is 0 Å². The van der Waals surface area contributed by atoms with Crippen LogP contribution in [0.25, 0.3) is 22.5 Å². The van der Waals surface area contributed by atoms with Crippen molar-refractivity contribution in [1.29, 1.82) is 0 Å². The number of aliphatic carboxylic acids is 2. The number of likely N-dealkylation sites (tertiary alicyclic amines) is 2. The summed E-state index contributed by atoms with van der Waals surface area (Å²) in [6.45, 7) is 12.1. The van der Waals surface area contributed by atoms with E-state index >= 15 is 0 Å². The summed E-state index contributed by atoms with van der Waals surface area (Å²) in [5.41, 5.74) is 0.494. The Hall–Kier alpha value is -6.68. The predicted molar refractivity (Wildman–Crippen MR) is 305 cm³/mol. The van der Waals surface area contributed by atoms with Gasteiger partial charge in [-0.25, -0.2) is 26.4 Å². The Kier molecular flexibility index (Phi) is 24.0. The van der Waals surface area contributed by atoms with Crippen LogP contribution in [0.5, 0.6) is 0 Å². The lowest BCUT2D eigenvalue weighted by Gasteiger charge is -2.40. The fourth-order valence-corrected chi connectivity index (χ4v) is 13.6. The lowest BCUT2D eigenvalue weighted by molar-refractivity contribution is -0.284. The van der Waals surface area contributed by atoms with Crippen LogP contribution in [0, 0.1) is 0 Å². The fraction of sp³-hybridized carbons (Fsp3) is 0.567. The van der Waals surface area contributed by atoms with Crippen molar-refractivity contribution >= 4 is 43.6 Å². The van der Waals surface area contributed by atoms with Gasteiger partial charge in [0.25, 0.3) is 0 Å². The number of carboxylic acids is 2. The summed E-state index contributed by atoms with van der Waals surface area (Å²) in [5.74, 6) is -16.6. The Balaban J connectivity index is 0.000000283. The number of pyridine rings is 2. The molecule has 2 saturated carbocycles. The molecule has 4 aromatic rings. The number of carbonyl (C=O) groups excluding carboxylic acids is 2. The highest BCUT2D eigenvalue weighted by molar-refractivity contribution is 7.94. The molecule has 0 atom stereocenters.